The van der Waals surface area contributed by atoms with Gasteiger partial charge in [-0.3, -0.25) is 0 Å². The Kier molecular flexibility index (Phi) is 7.29. The lowest BCUT2D eigenvalue weighted by Gasteiger charge is -2.15. The molecule has 0 spiro atoms. The second-order valence-electron chi connectivity index (χ2n) is 4.22. The Bertz CT molecular complexity index is 317. The van der Waals surface area contributed by atoms with E-state index in [2.05, 4.69) is 28.2 Å². The Morgan fingerprint density at radius 3 is 2.82 bits per heavy atom. The van der Waals surface area contributed by atoms with Gasteiger partial charge in [-0.2, -0.15) is 0 Å². The summed E-state index contributed by atoms with van der Waals surface area (Å²) in [4.78, 5) is 0. The molecule has 0 fully saturated rings. The summed E-state index contributed by atoms with van der Waals surface area (Å²) in [5.41, 5.74) is 0. The minimum atomic E-state index is 0.631. The van der Waals surface area contributed by atoms with Crippen LogP contribution in [0.2, 0.25) is 0 Å². The Morgan fingerprint density at radius 1 is 1.35 bits per heavy atom. The number of ether oxygens (including phenoxy) is 1. The highest BCUT2D eigenvalue weighted by atomic mass is 79.9. The van der Waals surface area contributed by atoms with Gasteiger partial charge < -0.3 is 10.1 Å². The zero-order valence-corrected chi connectivity index (χ0v) is 12.3. The molecule has 0 heterocycles. The smallest absolute Gasteiger partial charge is 0.120 e. The fourth-order valence-corrected chi connectivity index (χ4v) is 2.24. The van der Waals surface area contributed by atoms with Crippen molar-refractivity contribution in [2.24, 2.45) is 0 Å². The molecule has 0 aliphatic rings. The van der Waals surface area contributed by atoms with Gasteiger partial charge >= 0.3 is 0 Å². The van der Waals surface area contributed by atoms with Gasteiger partial charge in [0.15, 0.2) is 0 Å². The Morgan fingerprint density at radius 2 is 2.18 bits per heavy atom. The van der Waals surface area contributed by atoms with Gasteiger partial charge in [-0.05, 0) is 44.5 Å². The molecule has 0 amide bonds. The van der Waals surface area contributed by atoms with E-state index in [0.717, 1.165) is 23.2 Å². The van der Waals surface area contributed by atoms with E-state index in [4.69, 9.17) is 4.74 Å². The van der Waals surface area contributed by atoms with E-state index in [-0.39, 0.29) is 0 Å². The first kappa shape index (κ1) is 14.5. The summed E-state index contributed by atoms with van der Waals surface area (Å²) in [7, 11) is 2.04. The first-order valence-corrected chi connectivity index (χ1v) is 7.11. The van der Waals surface area contributed by atoms with Crippen LogP contribution in [0.25, 0.3) is 0 Å². The van der Waals surface area contributed by atoms with Crippen molar-refractivity contribution >= 4 is 15.9 Å². The lowest BCUT2D eigenvalue weighted by molar-refractivity contribution is 0.295. The maximum atomic E-state index is 5.70. The average molecular weight is 300 g/mol. The maximum absolute atomic E-state index is 5.70. The third-order valence-electron chi connectivity index (χ3n) is 2.81. The van der Waals surface area contributed by atoms with Gasteiger partial charge in [0, 0.05) is 10.5 Å². The molecule has 0 bridgehead atoms. The van der Waals surface area contributed by atoms with Crippen LogP contribution in [0.4, 0.5) is 0 Å². The molecule has 0 saturated carbocycles. The van der Waals surface area contributed by atoms with E-state index in [0.29, 0.717) is 6.04 Å². The molecule has 0 aromatic heterocycles. The van der Waals surface area contributed by atoms with Gasteiger partial charge in [0.25, 0.3) is 0 Å². The number of halogens is 1. The zero-order chi connectivity index (χ0) is 12.5. The van der Waals surface area contributed by atoms with Crippen LogP contribution in [0.1, 0.15) is 32.6 Å². The van der Waals surface area contributed by atoms with Crippen LogP contribution < -0.4 is 10.1 Å². The Hall–Kier alpha value is -0.540. The monoisotopic (exact) mass is 299 g/mol. The quantitative estimate of drug-likeness (QED) is 0.733. The highest BCUT2D eigenvalue weighted by Crippen LogP contribution is 2.18. The van der Waals surface area contributed by atoms with Crippen LogP contribution in [0, 0.1) is 0 Å². The van der Waals surface area contributed by atoms with Crippen LogP contribution >= 0.6 is 15.9 Å². The third-order valence-corrected chi connectivity index (χ3v) is 3.30. The van der Waals surface area contributed by atoms with Crippen molar-refractivity contribution in [3.8, 4) is 5.75 Å². The molecule has 1 atom stereocenters. The number of rotatable bonds is 8. The molecular weight excluding hydrogens is 278 g/mol. The summed E-state index contributed by atoms with van der Waals surface area (Å²) < 4.78 is 6.77. The fourth-order valence-electron chi connectivity index (χ4n) is 1.86. The molecule has 1 rings (SSSR count). The summed E-state index contributed by atoms with van der Waals surface area (Å²) in [5.74, 6) is 0.941. The van der Waals surface area contributed by atoms with Crippen LogP contribution in [0.5, 0.6) is 5.75 Å². The van der Waals surface area contributed by atoms with E-state index in [1.807, 2.05) is 31.3 Å². The van der Waals surface area contributed by atoms with Crippen LogP contribution in [0.3, 0.4) is 0 Å². The molecule has 0 aliphatic carbocycles. The van der Waals surface area contributed by atoms with Crippen molar-refractivity contribution < 1.29 is 4.74 Å². The number of hydrogen-bond acceptors (Lipinski definition) is 2. The minimum absolute atomic E-state index is 0.631. The molecule has 1 unspecified atom stereocenters. The molecule has 2 nitrogen and oxygen atoms in total. The van der Waals surface area contributed by atoms with Crippen molar-refractivity contribution in [3.05, 3.63) is 28.7 Å². The third kappa shape index (κ3) is 6.08. The lowest BCUT2D eigenvalue weighted by Crippen LogP contribution is -2.25. The molecule has 17 heavy (non-hydrogen) atoms. The highest BCUT2D eigenvalue weighted by molar-refractivity contribution is 9.10. The van der Waals surface area contributed by atoms with Crippen LogP contribution in [-0.2, 0) is 0 Å². The summed E-state index contributed by atoms with van der Waals surface area (Å²) in [6.07, 6.45) is 4.75. The molecule has 0 aliphatic heterocycles. The van der Waals surface area contributed by atoms with E-state index in [1.165, 1.54) is 19.3 Å². The zero-order valence-electron chi connectivity index (χ0n) is 10.7. The molecule has 1 aromatic carbocycles. The molecular formula is C14H22BrNO. The Balaban J connectivity index is 2.19. The van der Waals surface area contributed by atoms with Crippen LogP contribution in [0.15, 0.2) is 28.7 Å². The van der Waals surface area contributed by atoms with Crippen molar-refractivity contribution in [1.29, 1.82) is 0 Å². The fraction of sp³-hybridized carbons (Fsp3) is 0.571. The number of nitrogens with one attached hydrogen (secondary N) is 1. The Labute approximate surface area is 113 Å². The summed E-state index contributed by atoms with van der Waals surface area (Å²) >= 11 is 3.44. The molecule has 3 heteroatoms. The molecule has 96 valence electrons. The van der Waals surface area contributed by atoms with Gasteiger partial charge in [-0.25, -0.2) is 0 Å². The SMILES string of the molecule is CCCC(CCCOc1cccc(Br)c1)NC. The van der Waals surface area contributed by atoms with Crippen molar-refractivity contribution in [3.63, 3.8) is 0 Å². The average Bonchev–Trinajstić information content (AvgIpc) is 2.33. The van der Waals surface area contributed by atoms with Gasteiger partial charge in [-0.15, -0.1) is 0 Å². The largest absolute Gasteiger partial charge is 0.494 e. The van der Waals surface area contributed by atoms with Crippen molar-refractivity contribution in [2.45, 2.75) is 38.6 Å². The molecule has 0 saturated heterocycles. The predicted octanol–water partition coefficient (Wildman–Crippen LogP) is 4.00. The van der Waals surface area contributed by atoms with E-state index < -0.39 is 0 Å². The summed E-state index contributed by atoms with van der Waals surface area (Å²) in [6, 6.07) is 8.62. The second kappa shape index (κ2) is 8.54. The van der Waals surface area contributed by atoms with Crippen molar-refractivity contribution in [1.82, 2.24) is 5.32 Å². The lowest BCUT2D eigenvalue weighted by atomic mass is 10.1. The van der Waals surface area contributed by atoms with Crippen molar-refractivity contribution in [2.75, 3.05) is 13.7 Å². The van der Waals surface area contributed by atoms with Gasteiger partial charge in [0.05, 0.1) is 6.61 Å². The minimum Gasteiger partial charge on any atom is -0.494 e. The summed E-state index contributed by atoms with van der Waals surface area (Å²) in [5, 5.41) is 3.35. The first-order chi connectivity index (χ1) is 8.26. The molecule has 1 N–H and O–H groups in total. The van der Waals surface area contributed by atoms with Gasteiger partial charge in [0.1, 0.15) is 5.75 Å². The predicted molar refractivity (Wildman–Crippen MR) is 76.6 cm³/mol. The molecule has 0 radical (unpaired) electrons. The van der Waals surface area contributed by atoms with Gasteiger partial charge in [-0.1, -0.05) is 35.3 Å². The van der Waals surface area contributed by atoms with Gasteiger partial charge in [0.2, 0.25) is 0 Å². The first-order valence-electron chi connectivity index (χ1n) is 6.32. The summed E-state index contributed by atoms with van der Waals surface area (Å²) in [6.45, 7) is 3.01. The van der Waals surface area contributed by atoms with E-state index >= 15 is 0 Å². The van der Waals surface area contributed by atoms with E-state index in [1.54, 1.807) is 0 Å². The molecule has 1 aromatic rings. The van der Waals surface area contributed by atoms with Crippen LogP contribution in [-0.4, -0.2) is 19.7 Å². The number of benzene rings is 1. The topological polar surface area (TPSA) is 21.3 Å². The van der Waals surface area contributed by atoms with E-state index in [9.17, 15) is 0 Å². The standard InChI is InChI=1S/C14H22BrNO/c1-3-6-13(16-2)8-5-10-17-14-9-4-7-12(15)11-14/h4,7,9,11,13,16H,3,5-6,8,10H2,1-2H3. The number of hydrogen-bond donors (Lipinski definition) is 1. The highest BCUT2D eigenvalue weighted by Gasteiger charge is 2.04. The second-order valence-corrected chi connectivity index (χ2v) is 5.14. The normalized spacial score (nSPS) is 12.4. The maximum Gasteiger partial charge on any atom is 0.120 e.